The molecule has 0 aliphatic heterocycles. The molecule has 7 heteroatoms. The van der Waals surface area contributed by atoms with Crippen LogP contribution < -0.4 is 10.1 Å². The number of carbonyl (C=O) groups excluding carboxylic acids is 1. The number of anilines is 1. The summed E-state index contributed by atoms with van der Waals surface area (Å²) in [4.78, 5) is 29.9. The highest BCUT2D eigenvalue weighted by atomic mass is 16.5. The van der Waals surface area contributed by atoms with Gasteiger partial charge in [-0.2, -0.15) is 0 Å². The number of hydrogen-bond donors (Lipinski definition) is 2. The van der Waals surface area contributed by atoms with Gasteiger partial charge in [0.1, 0.15) is 12.1 Å². The fraction of sp³-hybridized carbons (Fsp3) is 0.0769. The number of nitrogens with one attached hydrogen (secondary N) is 1. The third kappa shape index (κ3) is 3.52. The van der Waals surface area contributed by atoms with E-state index in [2.05, 4.69) is 15.3 Å². The van der Waals surface area contributed by atoms with Crippen molar-refractivity contribution in [1.29, 1.82) is 0 Å². The standard InChI is InChI=1S/C13H11N3O4/c17-12(18)7-20-11-4-2-1-3-10(11)16-13(19)9-5-14-8-15-6-9/h1-6,8H,7H2,(H,16,19)(H,17,18). The molecule has 0 aliphatic rings. The molecule has 2 N–H and O–H groups in total. The van der Waals surface area contributed by atoms with E-state index in [0.29, 0.717) is 11.3 Å². The molecule has 0 radical (unpaired) electrons. The molecule has 2 aromatic rings. The molecule has 0 saturated heterocycles. The Morgan fingerprint density at radius 1 is 1.20 bits per heavy atom. The molecule has 20 heavy (non-hydrogen) atoms. The predicted octanol–water partition coefficient (Wildman–Crippen LogP) is 1.19. The average Bonchev–Trinajstić information content (AvgIpc) is 2.47. The molecule has 0 aliphatic carbocycles. The zero-order chi connectivity index (χ0) is 14.4. The van der Waals surface area contributed by atoms with Gasteiger partial charge in [-0.05, 0) is 12.1 Å². The quantitative estimate of drug-likeness (QED) is 0.848. The second kappa shape index (κ2) is 6.28. The zero-order valence-corrected chi connectivity index (χ0v) is 10.3. The number of ether oxygens (including phenoxy) is 1. The number of rotatable bonds is 5. The molecule has 0 spiro atoms. The van der Waals surface area contributed by atoms with Crippen molar-refractivity contribution >= 4 is 17.6 Å². The smallest absolute Gasteiger partial charge is 0.341 e. The van der Waals surface area contributed by atoms with E-state index in [0.717, 1.165) is 0 Å². The minimum Gasteiger partial charge on any atom is -0.480 e. The maximum atomic E-state index is 11.9. The molecule has 0 saturated carbocycles. The lowest BCUT2D eigenvalue weighted by Crippen LogP contribution is -2.15. The molecule has 1 aromatic heterocycles. The Morgan fingerprint density at radius 3 is 2.60 bits per heavy atom. The maximum Gasteiger partial charge on any atom is 0.341 e. The van der Waals surface area contributed by atoms with E-state index in [1.165, 1.54) is 18.7 Å². The Hall–Kier alpha value is -2.96. The monoisotopic (exact) mass is 273 g/mol. The van der Waals surface area contributed by atoms with E-state index in [9.17, 15) is 9.59 Å². The average molecular weight is 273 g/mol. The molecular weight excluding hydrogens is 262 g/mol. The highest BCUT2D eigenvalue weighted by Gasteiger charge is 2.10. The van der Waals surface area contributed by atoms with Gasteiger partial charge in [0.2, 0.25) is 0 Å². The topological polar surface area (TPSA) is 101 Å². The fourth-order valence-corrected chi connectivity index (χ4v) is 1.45. The van der Waals surface area contributed by atoms with Crippen LogP contribution in [0.2, 0.25) is 0 Å². The van der Waals surface area contributed by atoms with Crippen LogP contribution in [0.25, 0.3) is 0 Å². The number of amides is 1. The number of aliphatic carboxylic acids is 1. The van der Waals surface area contributed by atoms with Crippen molar-refractivity contribution in [3.63, 3.8) is 0 Å². The summed E-state index contributed by atoms with van der Waals surface area (Å²) in [6.45, 7) is -0.485. The van der Waals surface area contributed by atoms with Gasteiger partial charge >= 0.3 is 5.97 Å². The molecule has 0 bridgehead atoms. The first-order valence-corrected chi connectivity index (χ1v) is 5.67. The van der Waals surface area contributed by atoms with Crippen LogP contribution in [-0.4, -0.2) is 33.6 Å². The van der Waals surface area contributed by atoms with Crippen LogP contribution in [0.15, 0.2) is 43.0 Å². The zero-order valence-electron chi connectivity index (χ0n) is 10.3. The van der Waals surface area contributed by atoms with E-state index in [1.807, 2.05) is 0 Å². The van der Waals surface area contributed by atoms with Gasteiger partial charge in [0.25, 0.3) is 5.91 Å². The molecule has 1 amide bonds. The lowest BCUT2D eigenvalue weighted by atomic mass is 10.2. The van der Waals surface area contributed by atoms with Gasteiger partial charge < -0.3 is 15.2 Å². The number of carbonyl (C=O) groups is 2. The van der Waals surface area contributed by atoms with Crippen LogP contribution in [0.5, 0.6) is 5.75 Å². The first-order chi connectivity index (χ1) is 9.66. The Bertz CT molecular complexity index is 616. The Morgan fingerprint density at radius 2 is 1.90 bits per heavy atom. The third-order valence-electron chi connectivity index (χ3n) is 2.31. The number of aromatic nitrogens is 2. The van der Waals surface area contributed by atoms with E-state index in [1.54, 1.807) is 24.3 Å². The van der Waals surface area contributed by atoms with Crippen LogP contribution in [-0.2, 0) is 4.79 Å². The minimum absolute atomic E-state index is 0.278. The second-order valence-electron chi connectivity index (χ2n) is 3.76. The summed E-state index contributed by atoms with van der Waals surface area (Å²) in [5, 5.41) is 11.2. The van der Waals surface area contributed by atoms with Crippen LogP contribution in [0.4, 0.5) is 5.69 Å². The molecule has 0 atom stereocenters. The summed E-state index contributed by atoms with van der Waals surface area (Å²) < 4.78 is 5.09. The Labute approximate surface area is 114 Å². The molecule has 1 heterocycles. The number of hydrogen-bond acceptors (Lipinski definition) is 5. The summed E-state index contributed by atoms with van der Waals surface area (Å²) in [6.07, 6.45) is 4.08. The molecule has 0 unspecified atom stereocenters. The van der Waals surface area contributed by atoms with Gasteiger partial charge in [-0.15, -0.1) is 0 Å². The fourth-order valence-electron chi connectivity index (χ4n) is 1.45. The van der Waals surface area contributed by atoms with Crippen LogP contribution in [0, 0.1) is 0 Å². The Kier molecular flexibility index (Phi) is 4.23. The van der Waals surface area contributed by atoms with Crippen molar-refractivity contribution in [1.82, 2.24) is 9.97 Å². The highest BCUT2D eigenvalue weighted by molar-refractivity contribution is 6.04. The van der Waals surface area contributed by atoms with Gasteiger partial charge in [-0.25, -0.2) is 14.8 Å². The number of nitrogens with zero attached hydrogens (tertiary/aromatic N) is 2. The number of carboxylic acid groups (broad SMARTS) is 1. The summed E-state index contributed by atoms with van der Waals surface area (Å²) in [5.74, 6) is -1.22. The van der Waals surface area contributed by atoms with Crippen molar-refractivity contribution in [3.8, 4) is 5.75 Å². The van der Waals surface area contributed by atoms with E-state index in [-0.39, 0.29) is 5.75 Å². The van der Waals surface area contributed by atoms with Crippen LogP contribution in [0.3, 0.4) is 0 Å². The van der Waals surface area contributed by atoms with Gasteiger partial charge in [-0.1, -0.05) is 12.1 Å². The van der Waals surface area contributed by atoms with E-state index >= 15 is 0 Å². The van der Waals surface area contributed by atoms with Gasteiger partial charge in [-0.3, -0.25) is 4.79 Å². The first-order valence-electron chi connectivity index (χ1n) is 5.67. The highest BCUT2D eigenvalue weighted by Crippen LogP contribution is 2.24. The second-order valence-corrected chi connectivity index (χ2v) is 3.76. The first kappa shape index (κ1) is 13.5. The summed E-state index contributed by atoms with van der Waals surface area (Å²) in [7, 11) is 0. The SMILES string of the molecule is O=C(O)COc1ccccc1NC(=O)c1cncnc1. The normalized spacial score (nSPS) is 9.80. The van der Waals surface area contributed by atoms with Gasteiger partial charge in [0.05, 0.1) is 11.3 Å². The summed E-state index contributed by atoms with van der Waals surface area (Å²) in [5.41, 5.74) is 0.670. The minimum atomic E-state index is -1.09. The van der Waals surface area contributed by atoms with Crippen molar-refractivity contribution in [2.75, 3.05) is 11.9 Å². The van der Waals surface area contributed by atoms with Crippen molar-refractivity contribution in [3.05, 3.63) is 48.5 Å². The van der Waals surface area contributed by atoms with Crippen molar-refractivity contribution in [2.24, 2.45) is 0 Å². The summed E-state index contributed by atoms with van der Waals surface area (Å²) in [6, 6.07) is 6.56. The van der Waals surface area contributed by atoms with Crippen LogP contribution in [0.1, 0.15) is 10.4 Å². The summed E-state index contributed by atoms with van der Waals surface area (Å²) >= 11 is 0. The lowest BCUT2D eigenvalue weighted by molar-refractivity contribution is -0.139. The molecular formula is C13H11N3O4. The van der Waals surface area contributed by atoms with Crippen LogP contribution >= 0.6 is 0 Å². The predicted molar refractivity (Wildman–Crippen MR) is 69.6 cm³/mol. The molecule has 7 nitrogen and oxygen atoms in total. The van der Waals surface area contributed by atoms with Crippen molar-refractivity contribution < 1.29 is 19.4 Å². The lowest BCUT2D eigenvalue weighted by Gasteiger charge is -2.10. The molecule has 102 valence electrons. The number of benzene rings is 1. The third-order valence-corrected chi connectivity index (χ3v) is 2.31. The molecule has 0 fully saturated rings. The largest absolute Gasteiger partial charge is 0.480 e. The number of carboxylic acids is 1. The van der Waals surface area contributed by atoms with E-state index < -0.39 is 18.5 Å². The number of para-hydroxylation sites is 2. The van der Waals surface area contributed by atoms with Gasteiger partial charge in [0, 0.05) is 12.4 Å². The molecule has 2 rings (SSSR count). The molecule has 1 aromatic carbocycles. The maximum absolute atomic E-state index is 11.9. The van der Waals surface area contributed by atoms with E-state index in [4.69, 9.17) is 9.84 Å². The van der Waals surface area contributed by atoms with Gasteiger partial charge in [0.15, 0.2) is 6.61 Å². The Balaban J connectivity index is 2.13. The van der Waals surface area contributed by atoms with Crippen molar-refractivity contribution in [2.45, 2.75) is 0 Å².